The van der Waals surface area contributed by atoms with Crippen LogP contribution in [-0.2, 0) is 4.79 Å². The highest BCUT2D eigenvalue weighted by atomic mass is 16.5. The van der Waals surface area contributed by atoms with Crippen LogP contribution < -0.4 is 14.8 Å². The number of fused-ring (bicyclic) bond motifs is 1. The first-order chi connectivity index (χ1) is 12.3. The standard InChI is InChI=1S/C21H21NO3/c1-2-14-24-17-10-7-16(8-11-17)9-12-21(23)22-19-13-15-25-20-6-4-3-5-18(19)20/h2-12,19H,1,13-15H2,(H,22,23)/b12-9+/t19-/m0/s1. The number of ether oxygens (including phenoxy) is 2. The SMILES string of the molecule is C=CCOc1ccc(/C=C/C(=O)N[C@H]2CCOc3ccccc32)cc1. The molecule has 0 saturated carbocycles. The van der Waals surface area contributed by atoms with E-state index in [4.69, 9.17) is 9.47 Å². The third kappa shape index (κ3) is 4.51. The van der Waals surface area contributed by atoms with Crippen LogP contribution >= 0.6 is 0 Å². The van der Waals surface area contributed by atoms with Crippen molar-refractivity contribution in [2.75, 3.05) is 13.2 Å². The minimum Gasteiger partial charge on any atom is -0.493 e. The molecule has 0 saturated heterocycles. The second-order valence-corrected chi connectivity index (χ2v) is 5.74. The van der Waals surface area contributed by atoms with E-state index in [2.05, 4.69) is 11.9 Å². The smallest absolute Gasteiger partial charge is 0.244 e. The molecule has 25 heavy (non-hydrogen) atoms. The molecule has 2 aromatic carbocycles. The summed E-state index contributed by atoms with van der Waals surface area (Å²) in [6.07, 6.45) is 5.81. The van der Waals surface area contributed by atoms with Gasteiger partial charge in [-0.05, 0) is 29.8 Å². The Kier molecular flexibility index (Phi) is 5.52. The Bertz CT molecular complexity index is 765. The lowest BCUT2D eigenvalue weighted by molar-refractivity contribution is -0.117. The Labute approximate surface area is 147 Å². The van der Waals surface area contributed by atoms with Crippen molar-refractivity contribution in [3.8, 4) is 11.5 Å². The molecule has 4 heteroatoms. The maximum Gasteiger partial charge on any atom is 0.244 e. The lowest BCUT2D eigenvalue weighted by Gasteiger charge is -2.26. The normalized spacial score (nSPS) is 15.9. The first-order valence-corrected chi connectivity index (χ1v) is 8.30. The van der Waals surface area contributed by atoms with Crippen molar-refractivity contribution in [1.29, 1.82) is 0 Å². The van der Waals surface area contributed by atoms with Crippen molar-refractivity contribution >= 4 is 12.0 Å². The second kappa shape index (κ2) is 8.20. The molecule has 0 aliphatic carbocycles. The summed E-state index contributed by atoms with van der Waals surface area (Å²) in [5, 5.41) is 3.04. The van der Waals surface area contributed by atoms with Crippen LogP contribution in [0.3, 0.4) is 0 Å². The third-order valence-corrected chi connectivity index (χ3v) is 3.95. The molecule has 1 heterocycles. The molecule has 1 amide bonds. The lowest BCUT2D eigenvalue weighted by Crippen LogP contribution is -2.30. The highest BCUT2D eigenvalue weighted by Crippen LogP contribution is 2.31. The van der Waals surface area contributed by atoms with E-state index >= 15 is 0 Å². The van der Waals surface area contributed by atoms with Crippen LogP contribution in [0.2, 0.25) is 0 Å². The first kappa shape index (κ1) is 16.8. The van der Waals surface area contributed by atoms with Gasteiger partial charge in [-0.15, -0.1) is 0 Å². The molecule has 128 valence electrons. The predicted octanol–water partition coefficient (Wildman–Crippen LogP) is 3.90. The minimum atomic E-state index is -0.117. The summed E-state index contributed by atoms with van der Waals surface area (Å²) in [5.41, 5.74) is 1.97. The summed E-state index contributed by atoms with van der Waals surface area (Å²) in [6, 6.07) is 15.4. The van der Waals surface area contributed by atoms with E-state index in [1.807, 2.05) is 48.5 Å². The quantitative estimate of drug-likeness (QED) is 0.643. The van der Waals surface area contributed by atoms with Crippen molar-refractivity contribution in [1.82, 2.24) is 5.32 Å². The monoisotopic (exact) mass is 335 g/mol. The Hall–Kier alpha value is -3.01. The molecule has 3 rings (SSSR count). The molecule has 1 aliphatic heterocycles. The molecular weight excluding hydrogens is 314 g/mol. The summed E-state index contributed by atoms with van der Waals surface area (Å²) >= 11 is 0. The number of hydrogen-bond acceptors (Lipinski definition) is 3. The predicted molar refractivity (Wildman–Crippen MR) is 98.6 cm³/mol. The molecule has 0 bridgehead atoms. The van der Waals surface area contributed by atoms with Gasteiger partial charge in [0.25, 0.3) is 0 Å². The van der Waals surface area contributed by atoms with Gasteiger partial charge >= 0.3 is 0 Å². The van der Waals surface area contributed by atoms with E-state index in [9.17, 15) is 4.79 Å². The topological polar surface area (TPSA) is 47.6 Å². The molecule has 0 unspecified atom stereocenters. The largest absolute Gasteiger partial charge is 0.493 e. The number of para-hydroxylation sites is 1. The van der Waals surface area contributed by atoms with Crippen LogP contribution in [0.25, 0.3) is 6.08 Å². The molecule has 1 atom stereocenters. The minimum absolute atomic E-state index is 0.0169. The fourth-order valence-corrected chi connectivity index (χ4v) is 2.71. The molecule has 0 fully saturated rings. The molecule has 0 spiro atoms. The molecule has 1 N–H and O–H groups in total. The molecule has 4 nitrogen and oxygen atoms in total. The number of rotatable bonds is 6. The summed E-state index contributed by atoms with van der Waals surface area (Å²) < 4.78 is 11.1. The summed E-state index contributed by atoms with van der Waals surface area (Å²) in [5.74, 6) is 1.51. The molecular formula is C21H21NO3. The Morgan fingerprint density at radius 2 is 2.04 bits per heavy atom. The van der Waals surface area contributed by atoms with Gasteiger partial charge in [-0.2, -0.15) is 0 Å². The van der Waals surface area contributed by atoms with Gasteiger partial charge in [-0.1, -0.05) is 43.0 Å². The average Bonchev–Trinajstić information content (AvgIpc) is 2.66. The van der Waals surface area contributed by atoms with Crippen LogP contribution in [-0.4, -0.2) is 19.1 Å². The number of hydrogen-bond donors (Lipinski definition) is 1. The van der Waals surface area contributed by atoms with Crippen LogP contribution in [0.1, 0.15) is 23.6 Å². The van der Waals surface area contributed by atoms with Crippen LogP contribution in [0.4, 0.5) is 0 Å². The van der Waals surface area contributed by atoms with Crippen molar-refractivity contribution < 1.29 is 14.3 Å². The number of nitrogens with one attached hydrogen (secondary N) is 1. The van der Waals surface area contributed by atoms with E-state index in [1.54, 1.807) is 18.2 Å². The zero-order valence-corrected chi connectivity index (χ0v) is 14.0. The highest BCUT2D eigenvalue weighted by Gasteiger charge is 2.21. The zero-order chi connectivity index (χ0) is 17.5. The maximum atomic E-state index is 12.2. The second-order valence-electron chi connectivity index (χ2n) is 5.74. The van der Waals surface area contributed by atoms with E-state index in [1.165, 1.54) is 0 Å². The van der Waals surface area contributed by atoms with Gasteiger partial charge in [0.2, 0.25) is 5.91 Å². The van der Waals surface area contributed by atoms with Gasteiger partial charge in [0.1, 0.15) is 18.1 Å². The Morgan fingerprint density at radius 3 is 2.84 bits per heavy atom. The highest BCUT2D eigenvalue weighted by molar-refractivity contribution is 5.92. The Morgan fingerprint density at radius 1 is 1.24 bits per heavy atom. The number of benzene rings is 2. The van der Waals surface area contributed by atoms with Gasteiger partial charge in [-0.25, -0.2) is 0 Å². The van der Waals surface area contributed by atoms with E-state index in [0.29, 0.717) is 13.2 Å². The van der Waals surface area contributed by atoms with Crippen LogP contribution in [0.15, 0.2) is 67.3 Å². The molecule has 0 aromatic heterocycles. The summed E-state index contributed by atoms with van der Waals surface area (Å²) in [6.45, 7) is 4.70. The van der Waals surface area contributed by atoms with E-state index in [0.717, 1.165) is 29.0 Å². The fraction of sp³-hybridized carbons (Fsp3) is 0.190. The van der Waals surface area contributed by atoms with Crippen molar-refractivity contribution in [2.24, 2.45) is 0 Å². The number of carbonyl (C=O) groups excluding carboxylic acids is 1. The first-order valence-electron chi connectivity index (χ1n) is 8.30. The van der Waals surface area contributed by atoms with Gasteiger partial charge in [-0.3, -0.25) is 4.79 Å². The zero-order valence-electron chi connectivity index (χ0n) is 14.0. The molecule has 1 aliphatic rings. The fourth-order valence-electron chi connectivity index (χ4n) is 2.71. The van der Waals surface area contributed by atoms with Gasteiger partial charge in [0.15, 0.2) is 0 Å². The molecule has 2 aromatic rings. The Balaban J connectivity index is 1.59. The van der Waals surface area contributed by atoms with E-state index in [-0.39, 0.29) is 11.9 Å². The number of amides is 1. The third-order valence-electron chi connectivity index (χ3n) is 3.95. The lowest BCUT2D eigenvalue weighted by atomic mass is 10.0. The molecule has 0 radical (unpaired) electrons. The van der Waals surface area contributed by atoms with E-state index < -0.39 is 0 Å². The van der Waals surface area contributed by atoms with Crippen LogP contribution in [0, 0.1) is 0 Å². The van der Waals surface area contributed by atoms with Crippen LogP contribution in [0.5, 0.6) is 11.5 Å². The van der Waals surface area contributed by atoms with Gasteiger partial charge in [0, 0.05) is 18.1 Å². The van der Waals surface area contributed by atoms with Crippen molar-refractivity contribution in [3.05, 3.63) is 78.4 Å². The number of carbonyl (C=O) groups is 1. The van der Waals surface area contributed by atoms with Crippen molar-refractivity contribution in [3.63, 3.8) is 0 Å². The average molecular weight is 335 g/mol. The van der Waals surface area contributed by atoms with Gasteiger partial charge in [0.05, 0.1) is 12.6 Å². The summed E-state index contributed by atoms with van der Waals surface area (Å²) in [7, 11) is 0. The van der Waals surface area contributed by atoms with Gasteiger partial charge < -0.3 is 14.8 Å². The summed E-state index contributed by atoms with van der Waals surface area (Å²) in [4.78, 5) is 12.2. The van der Waals surface area contributed by atoms with Crippen molar-refractivity contribution in [2.45, 2.75) is 12.5 Å². The maximum absolute atomic E-state index is 12.2.